The summed E-state index contributed by atoms with van der Waals surface area (Å²) in [5.74, 6) is 1.85. The lowest BCUT2D eigenvalue weighted by Gasteiger charge is -2.46. The van der Waals surface area contributed by atoms with Gasteiger partial charge >= 0.3 is 12.3 Å². The predicted molar refractivity (Wildman–Crippen MR) is 89.3 cm³/mol. The van der Waals surface area contributed by atoms with Crippen molar-refractivity contribution in [2.75, 3.05) is 0 Å². The zero-order valence-electron chi connectivity index (χ0n) is 15.1. The highest BCUT2D eigenvalue weighted by Gasteiger charge is 2.39. The first kappa shape index (κ1) is 26.4. The number of hydrogen-bond acceptors (Lipinski definition) is 2. The number of carbonyl (C=O) groups is 2. The van der Waals surface area contributed by atoms with Gasteiger partial charge in [-0.2, -0.15) is 0 Å². The summed E-state index contributed by atoms with van der Waals surface area (Å²) in [6, 6.07) is 0. The van der Waals surface area contributed by atoms with Crippen LogP contribution >= 0.6 is 0 Å². The molecule has 1 aliphatic carbocycles. The van der Waals surface area contributed by atoms with Crippen LogP contribution in [0.2, 0.25) is 0 Å². The maximum atomic E-state index is 8.56. The molecule has 2 unspecified atom stereocenters. The van der Waals surface area contributed by atoms with Gasteiger partial charge < -0.3 is 25.9 Å². The topological polar surface area (TPSA) is 147 Å². The zero-order valence-corrected chi connectivity index (χ0v) is 15.1. The Labute approximate surface area is 138 Å². The minimum atomic E-state index is -1.83. The molecule has 23 heavy (non-hydrogen) atoms. The van der Waals surface area contributed by atoms with Crippen LogP contribution in [0.4, 0.5) is 9.59 Å². The van der Waals surface area contributed by atoms with Crippen molar-refractivity contribution in [2.24, 2.45) is 22.7 Å². The van der Waals surface area contributed by atoms with Gasteiger partial charge in [0, 0.05) is 0 Å². The van der Waals surface area contributed by atoms with E-state index < -0.39 is 12.3 Å². The Bertz CT molecular complexity index is 297. The lowest BCUT2D eigenvalue weighted by atomic mass is 9.59. The van der Waals surface area contributed by atoms with Gasteiger partial charge in [-0.25, -0.2) is 9.59 Å². The van der Waals surface area contributed by atoms with Gasteiger partial charge in [-0.3, -0.25) is 0 Å². The lowest BCUT2D eigenvalue weighted by Crippen LogP contribution is -2.38. The van der Waals surface area contributed by atoms with E-state index in [-0.39, 0.29) is 5.48 Å². The number of hydrogen-bond donors (Lipinski definition) is 4. The van der Waals surface area contributed by atoms with Gasteiger partial charge in [0.1, 0.15) is 0 Å². The smallest absolute Gasteiger partial charge is 0.450 e. The molecule has 0 heterocycles. The zero-order chi connectivity index (χ0) is 18.1. The summed E-state index contributed by atoms with van der Waals surface area (Å²) >= 11 is 0. The molecule has 1 fully saturated rings. The minimum absolute atomic E-state index is 0. The molecule has 7 nitrogen and oxygen atoms in total. The van der Waals surface area contributed by atoms with Crippen LogP contribution in [0, 0.1) is 22.7 Å². The Hall–Kier alpha value is -1.50. The summed E-state index contributed by atoms with van der Waals surface area (Å²) < 4.78 is 0. The molecule has 0 saturated heterocycles. The summed E-state index contributed by atoms with van der Waals surface area (Å²) in [7, 11) is 0. The molecule has 0 spiro atoms. The molecule has 140 valence electrons. The van der Waals surface area contributed by atoms with Crippen LogP contribution in [-0.2, 0) is 0 Å². The van der Waals surface area contributed by atoms with Crippen molar-refractivity contribution >= 4 is 12.3 Å². The van der Waals surface area contributed by atoms with Gasteiger partial charge in [-0.05, 0) is 35.5 Å². The van der Waals surface area contributed by atoms with Gasteiger partial charge in [-0.1, -0.05) is 54.4 Å². The predicted octanol–water partition coefficient (Wildman–Crippen LogP) is 4.51. The van der Waals surface area contributed by atoms with Crippen LogP contribution in [0.5, 0.6) is 0 Å². The molecule has 0 aromatic carbocycles. The number of carboxylic acid groups (broad SMARTS) is 4. The fourth-order valence-electron chi connectivity index (χ4n) is 3.20. The molecule has 0 radical (unpaired) electrons. The third-order valence-corrected chi connectivity index (χ3v) is 3.99. The van der Waals surface area contributed by atoms with Crippen molar-refractivity contribution < 1.29 is 35.5 Å². The molecular weight excluding hydrogens is 304 g/mol. The third kappa shape index (κ3) is 15.2. The molecule has 1 rings (SSSR count). The number of rotatable bonds is 0. The molecule has 6 N–H and O–H groups in total. The summed E-state index contributed by atoms with van der Waals surface area (Å²) in [5, 5.41) is 27.9. The Morgan fingerprint density at radius 1 is 0.696 bits per heavy atom. The van der Waals surface area contributed by atoms with Crippen molar-refractivity contribution in [3.63, 3.8) is 0 Å². The van der Waals surface area contributed by atoms with E-state index in [1.54, 1.807) is 0 Å². The summed E-state index contributed by atoms with van der Waals surface area (Å²) in [5.41, 5.74) is 0.997. The third-order valence-electron chi connectivity index (χ3n) is 3.99. The first-order chi connectivity index (χ1) is 9.69. The van der Waals surface area contributed by atoms with Gasteiger partial charge in [0.25, 0.3) is 0 Å². The van der Waals surface area contributed by atoms with E-state index in [1.807, 2.05) is 0 Å². The first-order valence-electron chi connectivity index (χ1n) is 7.53. The Morgan fingerprint density at radius 2 is 0.870 bits per heavy atom. The minimum Gasteiger partial charge on any atom is -0.450 e. The van der Waals surface area contributed by atoms with Crippen molar-refractivity contribution in [1.82, 2.24) is 0 Å². The molecule has 0 aromatic heterocycles. The van der Waals surface area contributed by atoms with Crippen LogP contribution in [0.25, 0.3) is 0 Å². The molecular formula is C16H34O7. The van der Waals surface area contributed by atoms with Crippen molar-refractivity contribution in [3.8, 4) is 0 Å². The average Bonchev–Trinajstić information content (AvgIpc) is 2.25. The average molecular weight is 338 g/mol. The van der Waals surface area contributed by atoms with E-state index in [0.29, 0.717) is 10.8 Å². The largest absolute Gasteiger partial charge is 0.503 e. The Morgan fingerprint density at radius 3 is 1.00 bits per heavy atom. The van der Waals surface area contributed by atoms with E-state index in [0.717, 1.165) is 11.8 Å². The quantitative estimate of drug-likeness (QED) is 0.511. The SMILES string of the molecule is CC(C)(C)C1CCCCC1C(C)(C)C.O.O=C(O)O.O=C(O)O. The highest BCUT2D eigenvalue weighted by molar-refractivity contribution is 5.53. The van der Waals surface area contributed by atoms with Crippen LogP contribution in [0.15, 0.2) is 0 Å². The van der Waals surface area contributed by atoms with Gasteiger partial charge in [0.15, 0.2) is 0 Å². The lowest BCUT2D eigenvalue weighted by molar-refractivity contribution is 0.0335. The molecule has 0 bridgehead atoms. The molecule has 1 aliphatic rings. The molecule has 1 saturated carbocycles. The highest BCUT2D eigenvalue weighted by Crippen LogP contribution is 2.48. The second-order valence-corrected chi connectivity index (χ2v) is 7.79. The Kier molecular flexibility index (Phi) is 12.7. The van der Waals surface area contributed by atoms with Crippen LogP contribution in [0.1, 0.15) is 67.2 Å². The summed E-state index contributed by atoms with van der Waals surface area (Å²) in [6.45, 7) is 14.5. The molecule has 7 heteroatoms. The van der Waals surface area contributed by atoms with Gasteiger partial charge in [0.2, 0.25) is 0 Å². The normalized spacial score (nSPS) is 20.6. The van der Waals surface area contributed by atoms with Crippen molar-refractivity contribution in [1.29, 1.82) is 0 Å². The summed E-state index contributed by atoms with van der Waals surface area (Å²) in [6.07, 6.45) is 2.14. The maximum Gasteiger partial charge on any atom is 0.503 e. The molecule has 0 amide bonds. The van der Waals surface area contributed by atoms with Gasteiger partial charge in [0.05, 0.1) is 0 Å². The van der Waals surface area contributed by atoms with Crippen LogP contribution < -0.4 is 0 Å². The molecule has 0 aromatic rings. The van der Waals surface area contributed by atoms with E-state index in [9.17, 15) is 0 Å². The highest BCUT2D eigenvalue weighted by atomic mass is 16.6. The fourth-order valence-corrected chi connectivity index (χ4v) is 3.20. The first-order valence-corrected chi connectivity index (χ1v) is 7.53. The Balaban J connectivity index is -0.000000374. The standard InChI is InChI=1S/C14H28.2CH2O3.H2O/c1-13(2,3)11-9-7-8-10-12(11)14(4,5)6;2*2-1(3)4;/h11-12H,7-10H2,1-6H3;2*(H2,2,3,4);1H2. The van der Waals surface area contributed by atoms with Crippen LogP contribution in [0.3, 0.4) is 0 Å². The summed E-state index contributed by atoms with van der Waals surface area (Å²) in [4.78, 5) is 17.1. The molecule has 0 aliphatic heterocycles. The maximum absolute atomic E-state index is 8.56. The van der Waals surface area contributed by atoms with E-state index >= 15 is 0 Å². The van der Waals surface area contributed by atoms with Gasteiger partial charge in [-0.15, -0.1) is 0 Å². The second kappa shape index (κ2) is 11.1. The fraction of sp³-hybridized carbons (Fsp3) is 0.875. The van der Waals surface area contributed by atoms with Crippen LogP contribution in [-0.4, -0.2) is 38.2 Å². The van der Waals surface area contributed by atoms with Crippen molar-refractivity contribution in [3.05, 3.63) is 0 Å². The van der Waals surface area contributed by atoms with E-state index in [2.05, 4.69) is 41.5 Å². The van der Waals surface area contributed by atoms with E-state index in [1.165, 1.54) is 25.7 Å². The molecule has 2 atom stereocenters. The van der Waals surface area contributed by atoms with Crippen molar-refractivity contribution in [2.45, 2.75) is 67.2 Å². The van der Waals surface area contributed by atoms with E-state index in [4.69, 9.17) is 30.0 Å². The monoisotopic (exact) mass is 338 g/mol. The second-order valence-electron chi connectivity index (χ2n) is 7.79.